The number of aryl methyl sites for hydroxylation is 1. The number of carbonyl (C=O) groups is 1. The molecule has 1 amide bonds. The highest BCUT2D eigenvalue weighted by molar-refractivity contribution is 7.91. The predicted octanol–water partition coefficient (Wildman–Crippen LogP) is 2.57. The maximum Gasteiger partial charge on any atom is 0.282 e. The fourth-order valence-corrected chi connectivity index (χ4v) is 4.63. The summed E-state index contributed by atoms with van der Waals surface area (Å²) in [6, 6.07) is 11.3. The van der Waals surface area contributed by atoms with Crippen molar-refractivity contribution in [3.05, 3.63) is 58.7 Å². The van der Waals surface area contributed by atoms with Crippen molar-refractivity contribution in [3.8, 4) is 0 Å². The third-order valence-corrected chi connectivity index (χ3v) is 5.96. The molecule has 124 valence electrons. The van der Waals surface area contributed by atoms with Crippen molar-refractivity contribution in [2.24, 2.45) is 5.84 Å². The summed E-state index contributed by atoms with van der Waals surface area (Å²) < 4.78 is 26.4. The van der Waals surface area contributed by atoms with Gasteiger partial charge in [0.05, 0.1) is 4.90 Å². The van der Waals surface area contributed by atoms with Crippen molar-refractivity contribution < 1.29 is 13.2 Å². The van der Waals surface area contributed by atoms with E-state index in [9.17, 15) is 13.2 Å². The number of amides is 1. The lowest BCUT2D eigenvalue weighted by Crippen LogP contribution is -2.31. The first-order valence-electron chi connectivity index (χ1n) is 6.99. The van der Waals surface area contributed by atoms with Gasteiger partial charge in [-0.1, -0.05) is 29.8 Å². The van der Waals surface area contributed by atoms with E-state index in [0.29, 0.717) is 21.5 Å². The Morgan fingerprint density at radius 2 is 1.92 bits per heavy atom. The number of aromatic nitrogens is 1. The zero-order chi connectivity index (χ0) is 17.5. The Bertz CT molecular complexity index is 1060. The van der Waals surface area contributed by atoms with Gasteiger partial charge in [0.2, 0.25) is 9.84 Å². The molecule has 0 saturated carbocycles. The molecule has 2 aromatic carbocycles. The number of nitrogens with one attached hydrogen (secondary N) is 2. The number of fused-ring (bicyclic) bond motifs is 1. The maximum absolute atomic E-state index is 13.2. The standard InChI is InChI=1S/C16H14ClN3O3S/c1-9-4-2-3-5-13(9)24(22,23)15-11-8-10(17)6-7-12(11)19-14(15)16(21)20-18/h2-8,19H,18H2,1H3,(H,20,21). The average Bonchev–Trinajstić information content (AvgIpc) is 2.93. The summed E-state index contributed by atoms with van der Waals surface area (Å²) in [4.78, 5) is 14.9. The van der Waals surface area contributed by atoms with Crippen LogP contribution >= 0.6 is 11.6 Å². The SMILES string of the molecule is Cc1ccccc1S(=O)(=O)c1c(C(=O)NN)[nH]c2ccc(Cl)cc12. The van der Waals surface area contributed by atoms with Gasteiger partial charge in [0.25, 0.3) is 5.91 Å². The Hall–Kier alpha value is -2.35. The van der Waals surface area contributed by atoms with Crippen LogP contribution in [-0.4, -0.2) is 19.3 Å². The summed E-state index contributed by atoms with van der Waals surface area (Å²) in [5.74, 6) is 4.47. The van der Waals surface area contributed by atoms with Crippen molar-refractivity contribution in [2.75, 3.05) is 0 Å². The van der Waals surface area contributed by atoms with Crippen LogP contribution in [0.3, 0.4) is 0 Å². The van der Waals surface area contributed by atoms with E-state index in [-0.39, 0.29) is 15.5 Å². The van der Waals surface area contributed by atoms with Gasteiger partial charge in [-0.05, 0) is 36.8 Å². The Balaban J connectivity index is 2.41. The summed E-state index contributed by atoms with van der Waals surface area (Å²) in [5, 5.41) is 0.701. The molecule has 1 heterocycles. The van der Waals surface area contributed by atoms with Crippen LogP contribution in [0.1, 0.15) is 16.1 Å². The van der Waals surface area contributed by atoms with E-state index in [1.165, 1.54) is 12.1 Å². The van der Waals surface area contributed by atoms with Crippen LogP contribution in [0.4, 0.5) is 0 Å². The lowest BCUT2D eigenvalue weighted by Gasteiger charge is -2.09. The molecule has 1 aromatic heterocycles. The number of rotatable bonds is 3. The summed E-state index contributed by atoms with van der Waals surface area (Å²) in [5.41, 5.74) is 2.89. The highest BCUT2D eigenvalue weighted by Gasteiger charge is 2.30. The number of hydrogen-bond acceptors (Lipinski definition) is 4. The topological polar surface area (TPSA) is 105 Å². The predicted molar refractivity (Wildman–Crippen MR) is 91.6 cm³/mol. The van der Waals surface area contributed by atoms with Crippen LogP contribution < -0.4 is 11.3 Å². The van der Waals surface area contributed by atoms with E-state index in [0.717, 1.165) is 0 Å². The molecule has 0 aliphatic heterocycles. The zero-order valence-corrected chi connectivity index (χ0v) is 14.2. The first-order chi connectivity index (χ1) is 11.4. The highest BCUT2D eigenvalue weighted by atomic mass is 35.5. The fourth-order valence-electron chi connectivity index (χ4n) is 2.62. The van der Waals surface area contributed by atoms with E-state index in [4.69, 9.17) is 17.4 Å². The summed E-state index contributed by atoms with van der Waals surface area (Å²) >= 11 is 6.01. The molecule has 0 radical (unpaired) electrons. The van der Waals surface area contributed by atoms with E-state index in [1.54, 1.807) is 37.3 Å². The largest absolute Gasteiger partial charge is 0.349 e. The monoisotopic (exact) mass is 363 g/mol. The van der Waals surface area contributed by atoms with Crippen LogP contribution in [0.25, 0.3) is 10.9 Å². The molecule has 0 saturated heterocycles. The second-order valence-electron chi connectivity index (χ2n) is 5.26. The second kappa shape index (κ2) is 5.94. The number of aromatic amines is 1. The van der Waals surface area contributed by atoms with Gasteiger partial charge in [0, 0.05) is 15.9 Å². The smallest absolute Gasteiger partial charge is 0.282 e. The molecule has 0 bridgehead atoms. The van der Waals surface area contributed by atoms with Gasteiger partial charge in [-0.3, -0.25) is 10.2 Å². The third kappa shape index (κ3) is 2.56. The molecule has 3 rings (SSSR count). The molecule has 3 aromatic rings. The Morgan fingerprint density at radius 1 is 1.21 bits per heavy atom. The van der Waals surface area contributed by atoms with Crippen molar-refractivity contribution >= 4 is 38.2 Å². The Kier molecular flexibility index (Phi) is 4.08. The quantitative estimate of drug-likeness (QED) is 0.378. The lowest BCUT2D eigenvalue weighted by atomic mass is 10.2. The molecule has 24 heavy (non-hydrogen) atoms. The number of sulfone groups is 1. The number of halogens is 1. The number of hydrazine groups is 1. The Labute approximate surface area is 143 Å². The van der Waals surface area contributed by atoms with Gasteiger partial charge in [0.15, 0.2) is 0 Å². The van der Waals surface area contributed by atoms with Gasteiger partial charge in [-0.15, -0.1) is 0 Å². The second-order valence-corrected chi connectivity index (χ2v) is 7.55. The number of benzene rings is 2. The zero-order valence-electron chi connectivity index (χ0n) is 12.6. The van der Waals surface area contributed by atoms with Gasteiger partial charge in [0.1, 0.15) is 10.6 Å². The van der Waals surface area contributed by atoms with Crippen LogP contribution in [-0.2, 0) is 9.84 Å². The van der Waals surface area contributed by atoms with Gasteiger partial charge < -0.3 is 4.98 Å². The first-order valence-corrected chi connectivity index (χ1v) is 8.85. The van der Waals surface area contributed by atoms with Crippen LogP contribution in [0, 0.1) is 6.92 Å². The molecule has 0 unspecified atom stereocenters. The molecule has 0 atom stereocenters. The molecule has 8 heteroatoms. The van der Waals surface area contributed by atoms with Gasteiger partial charge in [-0.2, -0.15) is 0 Å². The third-order valence-electron chi connectivity index (χ3n) is 3.72. The van der Waals surface area contributed by atoms with Crippen LogP contribution in [0.5, 0.6) is 0 Å². The minimum atomic E-state index is -3.96. The van der Waals surface area contributed by atoms with E-state index < -0.39 is 15.7 Å². The summed E-state index contributed by atoms with van der Waals surface area (Å²) in [7, 11) is -3.96. The number of nitrogens with two attached hydrogens (primary N) is 1. The normalized spacial score (nSPS) is 11.6. The van der Waals surface area contributed by atoms with Crippen molar-refractivity contribution in [3.63, 3.8) is 0 Å². The van der Waals surface area contributed by atoms with Crippen LogP contribution in [0.2, 0.25) is 5.02 Å². The van der Waals surface area contributed by atoms with Crippen LogP contribution in [0.15, 0.2) is 52.3 Å². The number of H-pyrrole nitrogens is 1. The van der Waals surface area contributed by atoms with Crippen molar-refractivity contribution in [1.29, 1.82) is 0 Å². The highest BCUT2D eigenvalue weighted by Crippen LogP contribution is 2.34. The summed E-state index contributed by atoms with van der Waals surface area (Å²) in [6.07, 6.45) is 0. The van der Waals surface area contributed by atoms with Crippen molar-refractivity contribution in [1.82, 2.24) is 10.4 Å². The van der Waals surface area contributed by atoms with E-state index >= 15 is 0 Å². The van der Waals surface area contributed by atoms with Gasteiger partial charge >= 0.3 is 0 Å². The lowest BCUT2D eigenvalue weighted by molar-refractivity contribution is 0.0946. The molecular formula is C16H14ClN3O3S. The van der Waals surface area contributed by atoms with E-state index in [2.05, 4.69) is 4.98 Å². The van der Waals surface area contributed by atoms with Crippen molar-refractivity contribution in [2.45, 2.75) is 16.7 Å². The minimum Gasteiger partial charge on any atom is -0.349 e. The molecule has 0 aliphatic carbocycles. The molecule has 0 spiro atoms. The fraction of sp³-hybridized carbons (Fsp3) is 0.0625. The average molecular weight is 364 g/mol. The Morgan fingerprint density at radius 3 is 2.58 bits per heavy atom. The molecule has 6 nitrogen and oxygen atoms in total. The number of hydrogen-bond donors (Lipinski definition) is 3. The molecular weight excluding hydrogens is 350 g/mol. The number of nitrogen functional groups attached to an aromatic ring is 1. The molecule has 4 N–H and O–H groups in total. The van der Waals surface area contributed by atoms with E-state index in [1.807, 2.05) is 5.43 Å². The summed E-state index contributed by atoms with van der Waals surface area (Å²) in [6.45, 7) is 1.69. The number of carbonyl (C=O) groups excluding carboxylic acids is 1. The molecule has 0 aliphatic rings. The maximum atomic E-state index is 13.2. The first kappa shape index (κ1) is 16.5. The molecule has 0 fully saturated rings. The van der Waals surface area contributed by atoms with Gasteiger partial charge in [-0.25, -0.2) is 14.3 Å². The minimum absolute atomic E-state index is 0.122.